The van der Waals surface area contributed by atoms with Crippen LogP contribution in [0.3, 0.4) is 0 Å². The molecule has 5 heteroatoms. The number of aromatic nitrogens is 2. The van der Waals surface area contributed by atoms with Gasteiger partial charge >= 0.3 is 0 Å². The highest BCUT2D eigenvalue weighted by molar-refractivity contribution is 7.18. The summed E-state index contributed by atoms with van der Waals surface area (Å²) in [5.74, 6) is 1.27. The molecular weight excluding hydrogens is 244 g/mol. The van der Waals surface area contributed by atoms with Crippen LogP contribution >= 0.6 is 11.3 Å². The number of rotatable bonds is 2. The number of hydrogen-bond donors (Lipinski definition) is 2. The van der Waals surface area contributed by atoms with Gasteiger partial charge in [-0.1, -0.05) is 19.3 Å². The van der Waals surface area contributed by atoms with E-state index < -0.39 is 0 Å². The summed E-state index contributed by atoms with van der Waals surface area (Å²) in [6, 6.07) is 2.68. The normalized spacial score (nSPS) is 17.2. The monoisotopic (exact) mass is 262 g/mol. The van der Waals surface area contributed by atoms with E-state index in [0.29, 0.717) is 12.0 Å². The van der Waals surface area contributed by atoms with Crippen molar-refractivity contribution in [2.24, 2.45) is 0 Å². The van der Waals surface area contributed by atoms with Gasteiger partial charge in [-0.05, 0) is 25.8 Å². The van der Waals surface area contributed by atoms with Crippen LogP contribution in [0.5, 0.6) is 0 Å². The van der Waals surface area contributed by atoms with E-state index in [0.717, 1.165) is 16.0 Å². The zero-order valence-corrected chi connectivity index (χ0v) is 11.4. The minimum Gasteiger partial charge on any atom is -0.368 e. The zero-order chi connectivity index (χ0) is 12.5. The minimum atomic E-state index is 0.364. The van der Waals surface area contributed by atoms with E-state index in [4.69, 9.17) is 5.73 Å². The quantitative estimate of drug-likeness (QED) is 0.871. The van der Waals surface area contributed by atoms with E-state index in [9.17, 15) is 0 Å². The lowest BCUT2D eigenvalue weighted by atomic mass is 9.95. The van der Waals surface area contributed by atoms with Crippen molar-refractivity contribution < 1.29 is 0 Å². The maximum absolute atomic E-state index is 5.78. The first-order valence-corrected chi connectivity index (χ1v) is 7.34. The van der Waals surface area contributed by atoms with Crippen LogP contribution < -0.4 is 11.1 Å². The maximum Gasteiger partial charge on any atom is 0.223 e. The summed E-state index contributed by atoms with van der Waals surface area (Å²) in [5.41, 5.74) is 5.78. The van der Waals surface area contributed by atoms with Gasteiger partial charge in [0.15, 0.2) is 0 Å². The van der Waals surface area contributed by atoms with Crippen molar-refractivity contribution in [1.82, 2.24) is 9.97 Å². The van der Waals surface area contributed by atoms with Crippen molar-refractivity contribution in [2.75, 3.05) is 11.1 Å². The number of nitrogen functional groups attached to an aromatic ring is 1. The summed E-state index contributed by atoms with van der Waals surface area (Å²) < 4.78 is 0. The van der Waals surface area contributed by atoms with Crippen molar-refractivity contribution in [3.8, 4) is 0 Å². The molecule has 0 unspecified atom stereocenters. The van der Waals surface area contributed by atoms with Gasteiger partial charge in [0.05, 0.1) is 5.39 Å². The Balaban J connectivity index is 1.94. The molecule has 0 amide bonds. The van der Waals surface area contributed by atoms with Crippen LogP contribution in [0.2, 0.25) is 0 Å². The number of thiophene rings is 1. The lowest BCUT2D eigenvalue weighted by molar-refractivity contribution is 0.462. The highest BCUT2D eigenvalue weighted by atomic mass is 32.1. The van der Waals surface area contributed by atoms with Crippen LogP contribution in [0, 0.1) is 6.92 Å². The second-order valence-corrected chi connectivity index (χ2v) is 6.22. The molecule has 18 heavy (non-hydrogen) atoms. The van der Waals surface area contributed by atoms with Crippen LogP contribution in [0.25, 0.3) is 10.2 Å². The molecule has 0 radical (unpaired) electrons. The highest BCUT2D eigenvalue weighted by Gasteiger charge is 2.16. The second-order valence-electron chi connectivity index (χ2n) is 4.99. The van der Waals surface area contributed by atoms with E-state index in [-0.39, 0.29) is 0 Å². The molecule has 1 aliphatic carbocycles. The van der Waals surface area contributed by atoms with Crippen molar-refractivity contribution in [3.63, 3.8) is 0 Å². The number of hydrogen-bond acceptors (Lipinski definition) is 5. The molecule has 4 nitrogen and oxygen atoms in total. The van der Waals surface area contributed by atoms with Crippen LogP contribution in [0.15, 0.2) is 6.07 Å². The molecule has 2 aromatic heterocycles. The Morgan fingerprint density at radius 1 is 1.28 bits per heavy atom. The molecule has 3 N–H and O–H groups in total. The third-order valence-corrected chi connectivity index (χ3v) is 4.42. The molecule has 0 atom stereocenters. The molecule has 0 aliphatic heterocycles. The summed E-state index contributed by atoms with van der Waals surface area (Å²) in [4.78, 5) is 10.9. The first-order valence-electron chi connectivity index (χ1n) is 6.52. The first-order chi connectivity index (χ1) is 8.72. The summed E-state index contributed by atoms with van der Waals surface area (Å²) in [7, 11) is 0. The maximum atomic E-state index is 5.78. The summed E-state index contributed by atoms with van der Waals surface area (Å²) >= 11 is 1.67. The van der Waals surface area contributed by atoms with E-state index in [1.165, 1.54) is 37.0 Å². The predicted molar refractivity (Wildman–Crippen MR) is 77.1 cm³/mol. The van der Waals surface area contributed by atoms with Gasteiger partial charge in [-0.3, -0.25) is 0 Å². The molecule has 0 saturated heterocycles. The van der Waals surface area contributed by atoms with Gasteiger partial charge in [-0.15, -0.1) is 11.3 Å². The number of nitrogens with zero attached hydrogens (tertiary/aromatic N) is 2. The van der Waals surface area contributed by atoms with Gasteiger partial charge in [0.25, 0.3) is 0 Å². The fourth-order valence-electron chi connectivity index (χ4n) is 2.61. The minimum absolute atomic E-state index is 0.364. The largest absolute Gasteiger partial charge is 0.368 e. The lowest BCUT2D eigenvalue weighted by Crippen LogP contribution is -2.23. The van der Waals surface area contributed by atoms with Crippen LogP contribution in [0.1, 0.15) is 37.0 Å². The zero-order valence-electron chi connectivity index (χ0n) is 10.6. The molecular formula is C13H18N4S. The van der Waals surface area contributed by atoms with E-state index in [2.05, 4.69) is 28.3 Å². The molecule has 1 saturated carbocycles. The Morgan fingerprint density at radius 3 is 2.83 bits per heavy atom. The first kappa shape index (κ1) is 11.7. The molecule has 0 bridgehead atoms. The van der Waals surface area contributed by atoms with Gasteiger partial charge < -0.3 is 11.1 Å². The fraction of sp³-hybridized carbons (Fsp3) is 0.538. The lowest BCUT2D eigenvalue weighted by Gasteiger charge is -2.23. The standard InChI is InChI=1S/C13H18N4S/c1-8-7-10-11(15-9-5-3-2-4-6-9)16-13(14)17-12(10)18-8/h7,9H,2-6H2,1H3,(H3,14,15,16,17). The Kier molecular flexibility index (Phi) is 3.07. The molecule has 1 aliphatic rings. The fourth-order valence-corrected chi connectivity index (χ4v) is 3.50. The van der Waals surface area contributed by atoms with Crippen LogP contribution in [-0.4, -0.2) is 16.0 Å². The van der Waals surface area contributed by atoms with Gasteiger partial charge in [0.1, 0.15) is 10.6 Å². The van der Waals surface area contributed by atoms with Crippen LogP contribution in [0.4, 0.5) is 11.8 Å². The third kappa shape index (κ3) is 2.27. The molecule has 2 heterocycles. The van der Waals surface area contributed by atoms with Gasteiger partial charge in [-0.25, -0.2) is 4.98 Å². The smallest absolute Gasteiger partial charge is 0.223 e. The topological polar surface area (TPSA) is 63.8 Å². The molecule has 2 aromatic rings. The highest BCUT2D eigenvalue weighted by Crippen LogP contribution is 2.30. The molecule has 1 fully saturated rings. The summed E-state index contributed by atoms with van der Waals surface area (Å²) in [6.45, 7) is 2.09. The Labute approximate surface area is 111 Å². The Morgan fingerprint density at radius 2 is 2.06 bits per heavy atom. The summed E-state index contributed by atoms with van der Waals surface area (Å²) in [5, 5.41) is 4.66. The SMILES string of the molecule is Cc1cc2c(NC3CCCCC3)nc(N)nc2s1. The Hall–Kier alpha value is -1.36. The predicted octanol–water partition coefficient (Wildman–Crippen LogP) is 3.33. The van der Waals surface area contributed by atoms with Crippen molar-refractivity contribution in [3.05, 3.63) is 10.9 Å². The average Bonchev–Trinajstić information content (AvgIpc) is 2.71. The molecule has 0 aromatic carbocycles. The number of aryl methyl sites for hydroxylation is 1. The number of nitrogens with two attached hydrogens (primary N) is 1. The number of anilines is 2. The average molecular weight is 262 g/mol. The van der Waals surface area contributed by atoms with Crippen molar-refractivity contribution >= 4 is 33.3 Å². The van der Waals surface area contributed by atoms with Crippen molar-refractivity contribution in [2.45, 2.75) is 45.1 Å². The molecule has 3 rings (SSSR count). The van der Waals surface area contributed by atoms with E-state index in [1.807, 2.05) is 0 Å². The number of fused-ring (bicyclic) bond motifs is 1. The van der Waals surface area contributed by atoms with E-state index >= 15 is 0 Å². The number of nitrogens with one attached hydrogen (secondary N) is 1. The van der Waals surface area contributed by atoms with Gasteiger partial charge in [-0.2, -0.15) is 4.98 Å². The molecule has 96 valence electrons. The van der Waals surface area contributed by atoms with Crippen LogP contribution in [-0.2, 0) is 0 Å². The van der Waals surface area contributed by atoms with Gasteiger partial charge in [0, 0.05) is 10.9 Å². The Bertz CT molecular complexity index is 557. The second kappa shape index (κ2) is 4.72. The van der Waals surface area contributed by atoms with Gasteiger partial charge in [0.2, 0.25) is 5.95 Å². The third-order valence-electron chi connectivity index (χ3n) is 3.48. The molecule has 0 spiro atoms. The van der Waals surface area contributed by atoms with Crippen molar-refractivity contribution in [1.29, 1.82) is 0 Å². The van der Waals surface area contributed by atoms with E-state index in [1.54, 1.807) is 11.3 Å². The summed E-state index contributed by atoms with van der Waals surface area (Å²) in [6.07, 6.45) is 6.44.